The Balaban J connectivity index is 2.03. The Labute approximate surface area is 135 Å². The van der Waals surface area contributed by atoms with Gasteiger partial charge < -0.3 is 15.2 Å². The lowest BCUT2D eigenvalue weighted by Gasteiger charge is -2.28. The predicted molar refractivity (Wildman–Crippen MR) is 91.7 cm³/mol. The molecule has 0 aromatic heterocycles. The van der Waals surface area contributed by atoms with Crippen LogP contribution in [0.5, 0.6) is 11.5 Å². The van der Waals surface area contributed by atoms with Gasteiger partial charge in [0.15, 0.2) is 11.5 Å². The maximum absolute atomic E-state index is 6.28. The Kier molecular flexibility index (Phi) is 7.04. The van der Waals surface area contributed by atoms with Crippen molar-refractivity contribution in [3.8, 4) is 11.5 Å². The van der Waals surface area contributed by atoms with Crippen LogP contribution in [0.2, 0.25) is 0 Å². The highest BCUT2D eigenvalue weighted by atomic mass is 16.5. The number of nitrogens with two attached hydrogens (primary N) is 1. The summed E-state index contributed by atoms with van der Waals surface area (Å²) >= 11 is 0. The summed E-state index contributed by atoms with van der Waals surface area (Å²) in [4.78, 5) is 0. The Morgan fingerprint density at radius 2 is 1.91 bits per heavy atom. The van der Waals surface area contributed by atoms with Crippen molar-refractivity contribution in [1.82, 2.24) is 0 Å². The zero-order valence-corrected chi connectivity index (χ0v) is 14.1. The molecule has 0 bridgehead atoms. The molecule has 2 rings (SSSR count). The third-order valence-electron chi connectivity index (χ3n) is 4.53. The van der Waals surface area contributed by atoms with Gasteiger partial charge in [-0.1, -0.05) is 32.3 Å². The molecule has 22 heavy (non-hydrogen) atoms. The average Bonchev–Trinajstić information content (AvgIpc) is 2.52. The SMILES string of the molecule is CCCCOc1ccc(CC2CCCCC2N)cc1OCC. The summed E-state index contributed by atoms with van der Waals surface area (Å²) in [5.41, 5.74) is 7.59. The molecule has 1 saturated carbocycles. The highest BCUT2D eigenvalue weighted by Crippen LogP contribution is 2.32. The molecule has 1 fully saturated rings. The van der Waals surface area contributed by atoms with Crippen molar-refractivity contribution in [1.29, 1.82) is 0 Å². The second-order valence-electron chi connectivity index (χ2n) is 6.33. The second-order valence-corrected chi connectivity index (χ2v) is 6.33. The fourth-order valence-corrected chi connectivity index (χ4v) is 3.19. The van der Waals surface area contributed by atoms with Gasteiger partial charge in [-0.25, -0.2) is 0 Å². The molecular weight excluding hydrogens is 274 g/mol. The molecule has 1 aliphatic rings. The van der Waals surface area contributed by atoms with Gasteiger partial charge in [0, 0.05) is 6.04 Å². The summed E-state index contributed by atoms with van der Waals surface area (Å²) in [5, 5.41) is 0. The molecule has 0 heterocycles. The smallest absolute Gasteiger partial charge is 0.161 e. The Bertz CT molecular complexity index is 447. The molecular formula is C19H31NO2. The van der Waals surface area contributed by atoms with E-state index in [-0.39, 0.29) is 0 Å². The van der Waals surface area contributed by atoms with Crippen LogP contribution in [-0.4, -0.2) is 19.3 Å². The van der Waals surface area contributed by atoms with E-state index >= 15 is 0 Å². The summed E-state index contributed by atoms with van der Waals surface area (Å²) in [7, 11) is 0. The van der Waals surface area contributed by atoms with Crippen molar-refractivity contribution in [2.24, 2.45) is 11.7 Å². The second kappa shape index (κ2) is 9.04. The number of benzene rings is 1. The van der Waals surface area contributed by atoms with E-state index in [0.29, 0.717) is 18.6 Å². The third-order valence-corrected chi connectivity index (χ3v) is 4.53. The summed E-state index contributed by atoms with van der Waals surface area (Å²) in [5.74, 6) is 2.35. The van der Waals surface area contributed by atoms with E-state index in [1.807, 2.05) is 6.92 Å². The number of hydrogen-bond donors (Lipinski definition) is 1. The lowest BCUT2D eigenvalue weighted by molar-refractivity contribution is 0.271. The quantitative estimate of drug-likeness (QED) is 0.727. The van der Waals surface area contributed by atoms with Crippen LogP contribution >= 0.6 is 0 Å². The van der Waals surface area contributed by atoms with Gasteiger partial charge in [0.05, 0.1) is 13.2 Å². The van der Waals surface area contributed by atoms with Gasteiger partial charge in [0.25, 0.3) is 0 Å². The first-order chi connectivity index (χ1) is 10.7. The molecule has 2 N–H and O–H groups in total. The Morgan fingerprint density at radius 1 is 1.09 bits per heavy atom. The van der Waals surface area contributed by atoms with E-state index in [4.69, 9.17) is 15.2 Å². The molecule has 124 valence electrons. The van der Waals surface area contributed by atoms with E-state index in [1.54, 1.807) is 0 Å². The van der Waals surface area contributed by atoms with Crippen LogP contribution in [0.25, 0.3) is 0 Å². The van der Waals surface area contributed by atoms with Crippen molar-refractivity contribution in [3.63, 3.8) is 0 Å². The largest absolute Gasteiger partial charge is 0.490 e. The fourth-order valence-electron chi connectivity index (χ4n) is 3.19. The van der Waals surface area contributed by atoms with Crippen LogP contribution in [0.15, 0.2) is 18.2 Å². The van der Waals surface area contributed by atoms with Gasteiger partial charge in [0.2, 0.25) is 0 Å². The van der Waals surface area contributed by atoms with Crippen molar-refractivity contribution in [3.05, 3.63) is 23.8 Å². The fraction of sp³-hybridized carbons (Fsp3) is 0.684. The molecule has 1 aliphatic carbocycles. The van der Waals surface area contributed by atoms with Gasteiger partial charge >= 0.3 is 0 Å². The monoisotopic (exact) mass is 305 g/mol. The summed E-state index contributed by atoms with van der Waals surface area (Å²) in [6.07, 6.45) is 8.28. The lowest BCUT2D eigenvalue weighted by Crippen LogP contribution is -2.34. The molecule has 2 unspecified atom stereocenters. The summed E-state index contributed by atoms with van der Waals surface area (Å²) in [6, 6.07) is 6.73. The molecule has 0 radical (unpaired) electrons. The van der Waals surface area contributed by atoms with Crippen LogP contribution in [-0.2, 0) is 6.42 Å². The van der Waals surface area contributed by atoms with E-state index in [0.717, 1.165) is 37.4 Å². The van der Waals surface area contributed by atoms with Crippen LogP contribution in [0.3, 0.4) is 0 Å². The average molecular weight is 305 g/mol. The van der Waals surface area contributed by atoms with Crippen LogP contribution in [0.1, 0.15) is 57.9 Å². The molecule has 0 amide bonds. The molecule has 0 aliphatic heterocycles. The molecule has 1 aromatic rings. The highest BCUT2D eigenvalue weighted by molar-refractivity contribution is 5.43. The zero-order chi connectivity index (χ0) is 15.8. The molecule has 0 saturated heterocycles. The number of rotatable bonds is 8. The first-order valence-corrected chi connectivity index (χ1v) is 8.88. The molecule has 3 nitrogen and oxygen atoms in total. The first-order valence-electron chi connectivity index (χ1n) is 8.88. The maximum atomic E-state index is 6.28. The molecule has 0 spiro atoms. The van der Waals surface area contributed by atoms with Crippen molar-refractivity contribution >= 4 is 0 Å². The van der Waals surface area contributed by atoms with Crippen molar-refractivity contribution in [2.75, 3.05) is 13.2 Å². The van der Waals surface area contributed by atoms with Crippen LogP contribution in [0, 0.1) is 5.92 Å². The van der Waals surface area contributed by atoms with E-state index < -0.39 is 0 Å². The van der Waals surface area contributed by atoms with Gasteiger partial charge in [-0.05, 0) is 56.2 Å². The Hall–Kier alpha value is -1.22. The van der Waals surface area contributed by atoms with Crippen LogP contribution < -0.4 is 15.2 Å². The van der Waals surface area contributed by atoms with Crippen molar-refractivity contribution < 1.29 is 9.47 Å². The van der Waals surface area contributed by atoms with E-state index in [9.17, 15) is 0 Å². The first kappa shape index (κ1) is 17.1. The third kappa shape index (κ3) is 4.91. The molecule has 1 aromatic carbocycles. The topological polar surface area (TPSA) is 44.5 Å². The molecule has 3 heteroatoms. The minimum absolute atomic E-state index is 0.352. The van der Waals surface area contributed by atoms with Gasteiger partial charge in [-0.3, -0.25) is 0 Å². The lowest BCUT2D eigenvalue weighted by atomic mass is 9.81. The number of ether oxygens (including phenoxy) is 2. The highest BCUT2D eigenvalue weighted by Gasteiger charge is 2.22. The van der Waals surface area contributed by atoms with Gasteiger partial charge in [-0.15, -0.1) is 0 Å². The summed E-state index contributed by atoms with van der Waals surface area (Å²) in [6.45, 7) is 5.60. The van der Waals surface area contributed by atoms with E-state index in [2.05, 4.69) is 25.1 Å². The van der Waals surface area contributed by atoms with E-state index in [1.165, 1.54) is 31.2 Å². The zero-order valence-electron chi connectivity index (χ0n) is 14.1. The van der Waals surface area contributed by atoms with Crippen molar-refractivity contribution in [2.45, 2.75) is 64.8 Å². The minimum Gasteiger partial charge on any atom is -0.490 e. The number of hydrogen-bond acceptors (Lipinski definition) is 3. The minimum atomic E-state index is 0.352. The Morgan fingerprint density at radius 3 is 2.64 bits per heavy atom. The van der Waals surface area contributed by atoms with Crippen LogP contribution in [0.4, 0.5) is 0 Å². The summed E-state index contributed by atoms with van der Waals surface area (Å²) < 4.78 is 11.6. The number of unbranched alkanes of at least 4 members (excludes halogenated alkanes) is 1. The van der Waals surface area contributed by atoms with Gasteiger partial charge in [-0.2, -0.15) is 0 Å². The normalized spacial score (nSPS) is 21.6. The maximum Gasteiger partial charge on any atom is 0.161 e. The van der Waals surface area contributed by atoms with Gasteiger partial charge in [0.1, 0.15) is 0 Å². The standard InChI is InChI=1S/C19H31NO2/c1-3-5-12-22-18-11-10-15(14-19(18)21-4-2)13-16-8-6-7-9-17(16)20/h10-11,14,16-17H,3-9,12-13,20H2,1-2H3. The predicted octanol–water partition coefficient (Wildman–Crippen LogP) is 4.32. The molecule has 2 atom stereocenters.